The van der Waals surface area contributed by atoms with Crippen LogP contribution in [0.3, 0.4) is 0 Å². The Bertz CT molecular complexity index is 1160. The zero-order valence-corrected chi connectivity index (χ0v) is 19.9. The fraction of sp³-hybridized carbons (Fsp3) is 0.375. The molecular formula is C24H25ClN4O3S. The van der Waals surface area contributed by atoms with Crippen molar-refractivity contribution in [1.82, 2.24) is 20.1 Å². The summed E-state index contributed by atoms with van der Waals surface area (Å²) in [6, 6.07) is 13.7. The molecule has 5 rings (SSSR count). The average Bonchev–Trinajstić information content (AvgIpc) is 3.58. The number of amides is 1. The summed E-state index contributed by atoms with van der Waals surface area (Å²) in [7, 11) is 0. The van der Waals surface area contributed by atoms with Crippen molar-refractivity contribution in [1.29, 1.82) is 0 Å². The van der Waals surface area contributed by atoms with Crippen LogP contribution < -0.4 is 14.8 Å². The van der Waals surface area contributed by atoms with Gasteiger partial charge in [-0.1, -0.05) is 54.4 Å². The van der Waals surface area contributed by atoms with Crippen molar-refractivity contribution < 1.29 is 14.3 Å². The van der Waals surface area contributed by atoms with E-state index in [2.05, 4.69) is 20.1 Å². The summed E-state index contributed by atoms with van der Waals surface area (Å²) in [6.45, 7) is 2.54. The lowest BCUT2D eigenvalue weighted by Gasteiger charge is -2.19. The van der Waals surface area contributed by atoms with Gasteiger partial charge in [0.25, 0.3) is 0 Å². The maximum atomic E-state index is 12.9. The van der Waals surface area contributed by atoms with Crippen LogP contribution in [-0.2, 0) is 11.3 Å². The number of halogens is 1. The van der Waals surface area contributed by atoms with Crippen molar-refractivity contribution in [3.05, 3.63) is 53.1 Å². The smallest absolute Gasteiger partial charge is 0.233 e. The molecule has 0 spiro atoms. The first-order valence-electron chi connectivity index (χ1n) is 11.1. The minimum absolute atomic E-state index is 0.0575. The second-order valence-corrected chi connectivity index (χ2v) is 9.97. The number of carbonyl (C=O) groups excluding carboxylic acids is 1. The highest BCUT2D eigenvalue weighted by molar-refractivity contribution is 8.00. The molecule has 1 aliphatic carbocycles. The molecule has 1 amide bonds. The zero-order valence-electron chi connectivity index (χ0n) is 18.3. The number of nitrogens with zero attached hydrogens (tertiary/aromatic N) is 3. The Kier molecular flexibility index (Phi) is 6.46. The molecule has 1 fully saturated rings. The topological polar surface area (TPSA) is 78.3 Å². The van der Waals surface area contributed by atoms with Gasteiger partial charge in [-0.15, -0.1) is 10.2 Å². The van der Waals surface area contributed by atoms with Gasteiger partial charge in [0.1, 0.15) is 0 Å². The maximum Gasteiger partial charge on any atom is 0.233 e. The Morgan fingerprint density at radius 1 is 1.18 bits per heavy atom. The summed E-state index contributed by atoms with van der Waals surface area (Å²) in [4.78, 5) is 12.9. The number of rotatable bonds is 7. The van der Waals surface area contributed by atoms with Gasteiger partial charge < -0.3 is 14.8 Å². The Morgan fingerprint density at radius 2 is 1.97 bits per heavy atom. The Balaban J connectivity index is 1.31. The molecule has 1 saturated carbocycles. The second kappa shape index (κ2) is 9.65. The van der Waals surface area contributed by atoms with Crippen LogP contribution in [0.1, 0.15) is 44.2 Å². The van der Waals surface area contributed by atoms with E-state index in [1.54, 1.807) is 0 Å². The first-order chi connectivity index (χ1) is 16.1. The van der Waals surface area contributed by atoms with Crippen molar-refractivity contribution in [2.45, 2.75) is 55.6 Å². The molecule has 172 valence electrons. The number of carbonyl (C=O) groups is 1. The van der Waals surface area contributed by atoms with Crippen molar-refractivity contribution in [2.24, 2.45) is 0 Å². The number of nitrogens with one attached hydrogen (secondary N) is 1. The second-order valence-electron chi connectivity index (χ2n) is 8.26. The zero-order chi connectivity index (χ0) is 22.8. The third kappa shape index (κ3) is 4.68. The van der Waals surface area contributed by atoms with Gasteiger partial charge in [-0.05, 0) is 49.6 Å². The van der Waals surface area contributed by atoms with Gasteiger partial charge in [-0.25, -0.2) is 0 Å². The minimum atomic E-state index is -0.331. The molecule has 0 saturated heterocycles. The molecule has 9 heteroatoms. The Morgan fingerprint density at radius 3 is 2.79 bits per heavy atom. The SMILES string of the molecule is C[C@H](Sc1nnc(-c2ccccc2Cl)n1C1CCCC1)C(=O)NCc1ccc2c(c1)OCO2. The highest BCUT2D eigenvalue weighted by atomic mass is 35.5. The number of hydrogen-bond donors (Lipinski definition) is 1. The van der Waals surface area contributed by atoms with E-state index in [0.717, 1.165) is 40.7 Å². The number of ether oxygens (including phenoxy) is 2. The molecule has 1 atom stereocenters. The molecule has 2 aliphatic rings. The summed E-state index contributed by atoms with van der Waals surface area (Å²) in [5.41, 5.74) is 1.82. The Labute approximate surface area is 201 Å². The molecule has 2 heterocycles. The summed E-state index contributed by atoms with van der Waals surface area (Å²) < 4.78 is 12.9. The molecule has 1 N–H and O–H groups in total. The van der Waals surface area contributed by atoms with Crippen molar-refractivity contribution in [3.63, 3.8) is 0 Å². The van der Waals surface area contributed by atoms with Crippen molar-refractivity contribution in [2.75, 3.05) is 6.79 Å². The molecule has 0 unspecified atom stereocenters. The van der Waals surface area contributed by atoms with Crippen LogP contribution in [0.4, 0.5) is 0 Å². The average molecular weight is 485 g/mol. The molecule has 0 bridgehead atoms. The molecule has 1 aromatic heterocycles. The van der Waals surface area contributed by atoms with E-state index in [4.69, 9.17) is 21.1 Å². The number of thioether (sulfide) groups is 1. The van der Waals surface area contributed by atoms with E-state index >= 15 is 0 Å². The van der Waals surface area contributed by atoms with Crippen LogP contribution >= 0.6 is 23.4 Å². The highest BCUT2D eigenvalue weighted by Gasteiger charge is 2.28. The van der Waals surface area contributed by atoms with E-state index in [1.807, 2.05) is 49.4 Å². The van der Waals surface area contributed by atoms with Crippen LogP contribution in [-0.4, -0.2) is 32.7 Å². The molecule has 2 aromatic carbocycles. The van der Waals surface area contributed by atoms with Crippen LogP contribution in [0.5, 0.6) is 11.5 Å². The van der Waals surface area contributed by atoms with Crippen LogP contribution in [0.15, 0.2) is 47.6 Å². The highest BCUT2D eigenvalue weighted by Crippen LogP contribution is 2.39. The Hall–Kier alpha value is -2.71. The van der Waals surface area contributed by atoms with E-state index in [0.29, 0.717) is 23.4 Å². The number of aromatic nitrogens is 3. The number of benzene rings is 2. The van der Waals surface area contributed by atoms with Gasteiger partial charge >= 0.3 is 0 Å². The quantitative estimate of drug-likeness (QED) is 0.462. The largest absolute Gasteiger partial charge is 0.454 e. The fourth-order valence-corrected chi connectivity index (χ4v) is 5.43. The maximum absolute atomic E-state index is 12.9. The van der Waals surface area contributed by atoms with E-state index in [1.165, 1.54) is 24.6 Å². The van der Waals surface area contributed by atoms with E-state index < -0.39 is 0 Å². The summed E-state index contributed by atoms with van der Waals surface area (Å²) in [6.07, 6.45) is 4.52. The normalized spacial score (nSPS) is 16.2. The predicted molar refractivity (Wildman–Crippen MR) is 128 cm³/mol. The van der Waals surface area contributed by atoms with Gasteiger partial charge in [-0.3, -0.25) is 9.36 Å². The van der Waals surface area contributed by atoms with E-state index in [9.17, 15) is 4.79 Å². The number of hydrogen-bond acceptors (Lipinski definition) is 6. The van der Waals surface area contributed by atoms with Gasteiger partial charge in [0.05, 0.1) is 10.3 Å². The number of fused-ring (bicyclic) bond motifs is 1. The van der Waals surface area contributed by atoms with Gasteiger partial charge in [0.2, 0.25) is 12.7 Å². The molecule has 3 aromatic rings. The lowest BCUT2D eigenvalue weighted by molar-refractivity contribution is -0.120. The van der Waals surface area contributed by atoms with Gasteiger partial charge in [0, 0.05) is 18.2 Å². The standard InChI is InChI=1S/C24H25ClN4O3S/c1-15(23(30)26-13-16-10-11-20-21(12-16)32-14-31-20)33-24-28-27-22(18-8-4-5-9-19(18)25)29(24)17-6-2-3-7-17/h4-5,8-12,15,17H,2-3,6-7,13-14H2,1H3,(H,26,30)/t15-/m0/s1. The monoisotopic (exact) mass is 484 g/mol. The third-order valence-electron chi connectivity index (χ3n) is 6.02. The summed E-state index contributed by atoms with van der Waals surface area (Å²) in [5, 5.41) is 13.0. The third-order valence-corrected chi connectivity index (χ3v) is 7.41. The first kappa shape index (κ1) is 22.1. The predicted octanol–water partition coefficient (Wildman–Crippen LogP) is 5.24. The molecule has 33 heavy (non-hydrogen) atoms. The van der Waals surface area contributed by atoms with Gasteiger partial charge in [0.15, 0.2) is 22.5 Å². The van der Waals surface area contributed by atoms with E-state index in [-0.39, 0.29) is 18.0 Å². The van der Waals surface area contributed by atoms with Crippen molar-refractivity contribution in [3.8, 4) is 22.9 Å². The fourth-order valence-electron chi connectivity index (χ4n) is 4.27. The van der Waals surface area contributed by atoms with Crippen LogP contribution in [0.2, 0.25) is 5.02 Å². The summed E-state index contributed by atoms with van der Waals surface area (Å²) >= 11 is 7.90. The first-order valence-corrected chi connectivity index (χ1v) is 12.4. The summed E-state index contributed by atoms with van der Waals surface area (Å²) in [5.74, 6) is 2.15. The molecule has 0 radical (unpaired) electrons. The lowest BCUT2D eigenvalue weighted by Crippen LogP contribution is -2.30. The molecular weight excluding hydrogens is 460 g/mol. The van der Waals surface area contributed by atoms with Crippen molar-refractivity contribution >= 4 is 29.3 Å². The minimum Gasteiger partial charge on any atom is -0.454 e. The van der Waals surface area contributed by atoms with Crippen LogP contribution in [0.25, 0.3) is 11.4 Å². The van der Waals surface area contributed by atoms with Crippen LogP contribution in [0, 0.1) is 0 Å². The molecule has 1 aliphatic heterocycles. The molecule has 7 nitrogen and oxygen atoms in total. The lowest BCUT2D eigenvalue weighted by atomic mass is 10.2. The van der Waals surface area contributed by atoms with Gasteiger partial charge in [-0.2, -0.15) is 0 Å².